The van der Waals surface area contributed by atoms with E-state index in [1.807, 2.05) is 23.6 Å². The van der Waals surface area contributed by atoms with Crippen molar-refractivity contribution >= 4 is 21.6 Å². The fourth-order valence-corrected chi connectivity index (χ4v) is 4.08. The van der Waals surface area contributed by atoms with Crippen molar-refractivity contribution in [1.82, 2.24) is 9.97 Å². The minimum absolute atomic E-state index is 0.156. The number of quaternary nitrogens is 1. The monoisotopic (exact) mass is 380 g/mol. The minimum atomic E-state index is -0.296. The molecule has 136 valence electrons. The number of H-pyrrole nitrogens is 1. The molecule has 2 aromatic heterocycles. The third kappa shape index (κ3) is 3.67. The summed E-state index contributed by atoms with van der Waals surface area (Å²) in [5.74, 6) is 0.360. The number of nitrogens with zero attached hydrogens (tertiary/aromatic N) is 1. The smallest absolute Gasteiger partial charge is 0.260 e. The van der Waals surface area contributed by atoms with E-state index in [0.717, 1.165) is 11.1 Å². The second-order valence-corrected chi connectivity index (χ2v) is 7.35. The fourth-order valence-electron chi connectivity index (χ4n) is 3.11. The van der Waals surface area contributed by atoms with Crippen LogP contribution in [0.4, 0.5) is 4.39 Å². The molecule has 0 aliphatic carbocycles. The number of aromatic nitrogens is 2. The van der Waals surface area contributed by atoms with Crippen molar-refractivity contribution < 1.29 is 9.71 Å². The molecule has 27 heavy (non-hydrogen) atoms. The zero-order valence-electron chi connectivity index (χ0n) is 14.8. The van der Waals surface area contributed by atoms with E-state index in [2.05, 4.69) is 34.3 Å². The van der Waals surface area contributed by atoms with Gasteiger partial charge < -0.3 is 10.3 Å². The molecule has 4 aromatic rings. The van der Waals surface area contributed by atoms with Crippen LogP contribution >= 0.6 is 11.3 Å². The highest BCUT2D eigenvalue weighted by atomic mass is 32.1. The first kappa shape index (κ1) is 17.6. The van der Waals surface area contributed by atoms with E-state index in [-0.39, 0.29) is 17.4 Å². The Balaban J connectivity index is 1.59. The van der Waals surface area contributed by atoms with Crippen molar-refractivity contribution in [2.45, 2.75) is 19.5 Å². The summed E-state index contributed by atoms with van der Waals surface area (Å²) in [6.07, 6.45) is 0. The van der Waals surface area contributed by atoms with Crippen LogP contribution in [-0.4, -0.2) is 9.97 Å². The van der Waals surface area contributed by atoms with Crippen LogP contribution in [0.25, 0.3) is 21.3 Å². The number of fused-ring (bicyclic) bond motifs is 1. The Labute approximate surface area is 159 Å². The van der Waals surface area contributed by atoms with Gasteiger partial charge in [0.2, 0.25) is 0 Å². The molecule has 0 saturated carbocycles. The van der Waals surface area contributed by atoms with Gasteiger partial charge in [0.05, 0.1) is 5.39 Å². The van der Waals surface area contributed by atoms with E-state index >= 15 is 0 Å². The molecule has 1 atom stereocenters. The third-order valence-corrected chi connectivity index (χ3v) is 5.51. The molecule has 0 bridgehead atoms. The van der Waals surface area contributed by atoms with Crippen molar-refractivity contribution in [2.75, 3.05) is 0 Å². The van der Waals surface area contributed by atoms with Gasteiger partial charge in [-0.2, -0.15) is 0 Å². The molecular formula is C21H19FN3OS+. The van der Waals surface area contributed by atoms with Gasteiger partial charge in [0.1, 0.15) is 23.2 Å². The van der Waals surface area contributed by atoms with E-state index in [1.54, 1.807) is 12.1 Å². The van der Waals surface area contributed by atoms with E-state index in [9.17, 15) is 9.18 Å². The van der Waals surface area contributed by atoms with Crippen molar-refractivity contribution in [1.29, 1.82) is 0 Å². The van der Waals surface area contributed by atoms with Crippen LogP contribution in [0.5, 0.6) is 0 Å². The number of thiophene rings is 1. The van der Waals surface area contributed by atoms with Gasteiger partial charge in [0.15, 0.2) is 5.82 Å². The summed E-state index contributed by atoms with van der Waals surface area (Å²) in [4.78, 5) is 20.9. The van der Waals surface area contributed by atoms with Gasteiger partial charge in [-0.05, 0) is 24.6 Å². The maximum Gasteiger partial charge on any atom is 0.260 e. The Morgan fingerprint density at radius 2 is 1.89 bits per heavy atom. The molecule has 0 spiro atoms. The first-order chi connectivity index (χ1) is 13.1. The molecule has 0 radical (unpaired) electrons. The SMILES string of the molecule is C[C@H]([NH2+]Cc1nc2scc(-c3ccc(F)cc3)c2c(=O)[nH]1)c1ccccc1. The Morgan fingerprint density at radius 3 is 2.63 bits per heavy atom. The minimum Gasteiger partial charge on any atom is -0.334 e. The van der Waals surface area contributed by atoms with Crippen LogP contribution < -0.4 is 10.9 Å². The average Bonchev–Trinajstić information content (AvgIpc) is 3.12. The molecule has 0 amide bonds. The molecule has 0 aliphatic heterocycles. The number of hydrogen-bond acceptors (Lipinski definition) is 3. The third-order valence-electron chi connectivity index (χ3n) is 4.64. The van der Waals surface area contributed by atoms with E-state index in [1.165, 1.54) is 29.0 Å². The summed E-state index contributed by atoms with van der Waals surface area (Å²) in [7, 11) is 0. The normalized spacial score (nSPS) is 12.4. The number of rotatable bonds is 5. The topological polar surface area (TPSA) is 62.4 Å². The van der Waals surface area contributed by atoms with Crippen LogP contribution in [0.3, 0.4) is 0 Å². The summed E-state index contributed by atoms with van der Waals surface area (Å²) in [6.45, 7) is 2.72. The number of halogens is 1. The number of nitrogens with one attached hydrogen (secondary N) is 1. The van der Waals surface area contributed by atoms with Gasteiger partial charge in [0, 0.05) is 16.5 Å². The van der Waals surface area contributed by atoms with Crippen molar-refractivity contribution in [3.63, 3.8) is 0 Å². The van der Waals surface area contributed by atoms with Gasteiger partial charge in [-0.1, -0.05) is 42.5 Å². The molecule has 4 rings (SSSR count). The Kier molecular flexibility index (Phi) is 4.83. The average molecular weight is 380 g/mol. The van der Waals surface area contributed by atoms with Crippen LogP contribution in [0.2, 0.25) is 0 Å². The molecule has 0 unspecified atom stereocenters. The van der Waals surface area contributed by atoms with Gasteiger partial charge in [-0.15, -0.1) is 11.3 Å². The lowest BCUT2D eigenvalue weighted by Gasteiger charge is -2.10. The highest BCUT2D eigenvalue weighted by molar-refractivity contribution is 7.17. The molecule has 0 fully saturated rings. The second-order valence-electron chi connectivity index (χ2n) is 6.49. The van der Waals surface area contributed by atoms with Gasteiger partial charge in [-0.3, -0.25) is 4.79 Å². The Morgan fingerprint density at radius 1 is 1.15 bits per heavy atom. The van der Waals surface area contributed by atoms with Crippen molar-refractivity contribution in [3.8, 4) is 11.1 Å². The fraction of sp³-hybridized carbons (Fsp3) is 0.143. The van der Waals surface area contributed by atoms with Gasteiger partial charge in [0.25, 0.3) is 5.56 Å². The number of aromatic amines is 1. The van der Waals surface area contributed by atoms with Gasteiger partial charge in [-0.25, -0.2) is 9.37 Å². The first-order valence-electron chi connectivity index (χ1n) is 8.76. The lowest BCUT2D eigenvalue weighted by Crippen LogP contribution is -2.83. The molecule has 0 saturated heterocycles. The summed E-state index contributed by atoms with van der Waals surface area (Å²) in [6, 6.07) is 16.7. The standard InChI is InChI=1S/C21H18FN3OS/c1-13(14-5-3-2-4-6-14)23-11-18-24-20(26)19-17(12-27-21(19)25-18)15-7-9-16(22)10-8-15/h2-10,12-13,23H,11H2,1H3,(H,24,25,26)/p+1/t13-/m0/s1. The zero-order valence-corrected chi connectivity index (χ0v) is 15.6. The van der Waals surface area contributed by atoms with Crippen LogP contribution in [-0.2, 0) is 6.54 Å². The van der Waals surface area contributed by atoms with Crippen LogP contribution in [0.15, 0.2) is 64.8 Å². The van der Waals surface area contributed by atoms with Crippen LogP contribution in [0.1, 0.15) is 24.4 Å². The zero-order chi connectivity index (χ0) is 18.8. The summed E-state index contributed by atoms with van der Waals surface area (Å²) >= 11 is 1.43. The number of nitrogens with two attached hydrogens (primary N) is 1. The Bertz CT molecular complexity index is 1120. The quantitative estimate of drug-likeness (QED) is 0.556. The van der Waals surface area contributed by atoms with Gasteiger partial charge >= 0.3 is 0 Å². The lowest BCUT2D eigenvalue weighted by molar-refractivity contribution is -0.708. The van der Waals surface area contributed by atoms with Crippen molar-refractivity contribution in [3.05, 3.63) is 87.5 Å². The molecule has 2 aromatic carbocycles. The molecule has 6 heteroatoms. The molecular weight excluding hydrogens is 361 g/mol. The van der Waals surface area contributed by atoms with Crippen molar-refractivity contribution in [2.24, 2.45) is 0 Å². The molecule has 3 N–H and O–H groups in total. The lowest BCUT2D eigenvalue weighted by atomic mass is 10.1. The van der Waals surface area contributed by atoms with E-state index in [0.29, 0.717) is 22.6 Å². The summed E-state index contributed by atoms with van der Waals surface area (Å²) in [5.41, 5.74) is 2.68. The maximum absolute atomic E-state index is 13.2. The Hall–Kier alpha value is -2.83. The number of hydrogen-bond donors (Lipinski definition) is 2. The second kappa shape index (κ2) is 7.42. The molecule has 4 nitrogen and oxygen atoms in total. The highest BCUT2D eigenvalue weighted by Gasteiger charge is 2.15. The molecule has 0 aliphatic rings. The maximum atomic E-state index is 13.2. The summed E-state index contributed by atoms with van der Waals surface area (Å²) in [5, 5.41) is 4.61. The largest absolute Gasteiger partial charge is 0.334 e. The predicted molar refractivity (Wildman–Crippen MR) is 106 cm³/mol. The molecule has 2 heterocycles. The predicted octanol–water partition coefficient (Wildman–Crippen LogP) is 3.62. The first-order valence-corrected chi connectivity index (χ1v) is 9.64. The van der Waals surface area contributed by atoms with E-state index in [4.69, 9.17) is 0 Å². The number of benzene rings is 2. The highest BCUT2D eigenvalue weighted by Crippen LogP contribution is 2.30. The van der Waals surface area contributed by atoms with E-state index < -0.39 is 0 Å². The summed E-state index contributed by atoms with van der Waals surface area (Å²) < 4.78 is 13.2. The van der Waals surface area contributed by atoms with Crippen LogP contribution in [0, 0.1) is 5.82 Å².